The second kappa shape index (κ2) is 8.52. The van der Waals surface area contributed by atoms with E-state index in [1.54, 1.807) is 35.2 Å². The molecule has 0 bridgehead atoms. The van der Waals surface area contributed by atoms with Crippen LogP contribution in [0.25, 0.3) is 11.8 Å². The number of nitrogens with zero attached hydrogens (tertiary/aromatic N) is 3. The van der Waals surface area contributed by atoms with Crippen LogP contribution in [0.4, 0.5) is 10.1 Å². The van der Waals surface area contributed by atoms with Gasteiger partial charge in [-0.15, -0.1) is 0 Å². The maximum absolute atomic E-state index is 13.1. The Kier molecular flexibility index (Phi) is 5.61. The van der Waals surface area contributed by atoms with E-state index in [2.05, 4.69) is 5.32 Å². The third kappa shape index (κ3) is 4.30. The van der Waals surface area contributed by atoms with E-state index in [-0.39, 0.29) is 22.9 Å². The molecule has 1 N–H and O–H groups in total. The fourth-order valence-electron chi connectivity index (χ4n) is 3.18. The van der Waals surface area contributed by atoms with E-state index < -0.39 is 22.6 Å². The van der Waals surface area contributed by atoms with Gasteiger partial charge >= 0.3 is 0 Å². The number of thiocarbonyl (C=S) groups is 1. The van der Waals surface area contributed by atoms with E-state index in [9.17, 15) is 24.1 Å². The lowest BCUT2D eigenvalue weighted by molar-refractivity contribution is -0.384. The Hall–Kier alpha value is -4.18. The van der Waals surface area contributed by atoms with Crippen LogP contribution < -0.4 is 5.32 Å². The molecule has 4 rings (SSSR count). The summed E-state index contributed by atoms with van der Waals surface area (Å²) in [5.74, 6) is -1.57. The van der Waals surface area contributed by atoms with Crippen LogP contribution in [0.3, 0.4) is 0 Å². The Bertz CT molecular complexity index is 1270. The molecule has 0 atom stereocenters. The molecule has 1 aliphatic heterocycles. The summed E-state index contributed by atoms with van der Waals surface area (Å²) in [5.41, 5.74) is 1.80. The largest absolute Gasteiger partial charge is 0.323 e. The van der Waals surface area contributed by atoms with Crippen molar-refractivity contribution in [3.05, 3.63) is 99.6 Å². The third-order valence-corrected chi connectivity index (χ3v) is 5.15. The highest BCUT2D eigenvalue weighted by molar-refractivity contribution is 7.80. The number of nitrogens with one attached hydrogen (secondary N) is 1. The average Bonchev–Trinajstić information content (AvgIpc) is 3.24. The van der Waals surface area contributed by atoms with Crippen LogP contribution in [0.15, 0.2) is 72.6 Å². The van der Waals surface area contributed by atoms with Gasteiger partial charge in [-0.05, 0) is 59.8 Å². The van der Waals surface area contributed by atoms with Crippen LogP contribution in [-0.4, -0.2) is 31.3 Å². The molecule has 2 heterocycles. The number of nitro benzene ring substituents is 1. The molecule has 1 aliphatic rings. The zero-order valence-corrected chi connectivity index (χ0v) is 17.2. The Morgan fingerprint density at radius 1 is 1.06 bits per heavy atom. The SMILES string of the molecule is O=C1NC(=S)N(Cc2ccc(F)cc2)C(=O)/C1=C\c1ccn(-c2ccc([N+](=O)[O-])cc2)c1. The van der Waals surface area contributed by atoms with Gasteiger partial charge in [0.25, 0.3) is 17.5 Å². The smallest absolute Gasteiger partial charge is 0.269 e. The summed E-state index contributed by atoms with van der Waals surface area (Å²) in [7, 11) is 0. The molecule has 2 amide bonds. The maximum atomic E-state index is 13.1. The van der Waals surface area contributed by atoms with Crippen molar-refractivity contribution in [3.8, 4) is 5.69 Å². The molecule has 2 aromatic carbocycles. The Balaban J connectivity index is 1.57. The van der Waals surface area contributed by atoms with Crippen LogP contribution in [0, 0.1) is 15.9 Å². The molecule has 0 unspecified atom stereocenters. The lowest BCUT2D eigenvalue weighted by atomic mass is 10.1. The number of non-ortho nitro benzene ring substituents is 1. The number of rotatable bonds is 5. The zero-order chi connectivity index (χ0) is 22.8. The number of carbonyl (C=O) groups excluding carboxylic acids is 2. The Morgan fingerprint density at radius 2 is 1.75 bits per heavy atom. The Labute approximate surface area is 186 Å². The molecule has 0 spiro atoms. The summed E-state index contributed by atoms with van der Waals surface area (Å²) in [6, 6.07) is 13.3. The monoisotopic (exact) mass is 450 g/mol. The lowest BCUT2D eigenvalue weighted by Gasteiger charge is -2.28. The van der Waals surface area contributed by atoms with E-state index in [1.807, 2.05) is 0 Å². The standard InChI is InChI=1S/C22H15FN4O4S/c23-16-3-1-14(2-4-16)13-26-21(29)19(20(28)24-22(26)32)11-15-9-10-25(12-15)17-5-7-18(8-6-17)27(30)31/h1-12H,13H2,(H,24,28,32)/b19-11-. The number of nitro groups is 1. The van der Waals surface area contributed by atoms with Gasteiger partial charge in [0, 0.05) is 30.2 Å². The molecule has 32 heavy (non-hydrogen) atoms. The summed E-state index contributed by atoms with van der Waals surface area (Å²) in [6.07, 6.45) is 4.84. The van der Waals surface area contributed by atoms with Gasteiger partial charge in [0.1, 0.15) is 11.4 Å². The summed E-state index contributed by atoms with van der Waals surface area (Å²) >= 11 is 5.14. The lowest BCUT2D eigenvalue weighted by Crippen LogP contribution is -2.53. The quantitative estimate of drug-likeness (QED) is 0.211. The van der Waals surface area contributed by atoms with Gasteiger partial charge < -0.3 is 4.57 Å². The van der Waals surface area contributed by atoms with E-state index in [4.69, 9.17) is 12.2 Å². The van der Waals surface area contributed by atoms with Crippen LogP contribution in [0.5, 0.6) is 0 Å². The van der Waals surface area contributed by atoms with Gasteiger partial charge in [0.05, 0.1) is 11.5 Å². The summed E-state index contributed by atoms with van der Waals surface area (Å²) in [5, 5.41) is 13.3. The Morgan fingerprint density at radius 3 is 2.41 bits per heavy atom. The first kappa shape index (κ1) is 21.1. The average molecular weight is 450 g/mol. The maximum Gasteiger partial charge on any atom is 0.269 e. The fraction of sp³-hybridized carbons (Fsp3) is 0.0455. The van der Waals surface area contributed by atoms with Gasteiger partial charge in [0.2, 0.25) is 0 Å². The van der Waals surface area contributed by atoms with E-state index >= 15 is 0 Å². The predicted octanol–water partition coefficient (Wildman–Crippen LogP) is 3.35. The topological polar surface area (TPSA) is 97.5 Å². The molecule has 10 heteroatoms. The van der Waals surface area contributed by atoms with Crippen molar-refractivity contribution >= 4 is 40.9 Å². The molecule has 8 nitrogen and oxygen atoms in total. The van der Waals surface area contributed by atoms with Crippen molar-refractivity contribution in [2.24, 2.45) is 0 Å². The zero-order valence-electron chi connectivity index (χ0n) is 16.4. The molecule has 1 saturated heterocycles. The number of carbonyl (C=O) groups is 2. The highest BCUT2D eigenvalue weighted by Gasteiger charge is 2.33. The predicted molar refractivity (Wildman–Crippen MR) is 118 cm³/mol. The number of hydrogen-bond acceptors (Lipinski definition) is 5. The summed E-state index contributed by atoms with van der Waals surface area (Å²) < 4.78 is 14.9. The van der Waals surface area contributed by atoms with E-state index in [1.165, 1.54) is 47.4 Å². The normalized spacial score (nSPS) is 15.2. The van der Waals surface area contributed by atoms with Gasteiger partial charge in [-0.3, -0.25) is 29.9 Å². The molecule has 160 valence electrons. The van der Waals surface area contributed by atoms with Crippen molar-refractivity contribution < 1.29 is 18.9 Å². The first-order valence-electron chi connectivity index (χ1n) is 9.38. The molecule has 0 saturated carbocycles. The van der Waals surface area contributed by atoms with Crippen LogP contribution in [-0.2, 0) is 16.1 Å². The number of benzene rings is 2. The summed E-state index contributed by atoms with van der Waals surface area (Å²) in [4.78, 5) is 36.9. The molecular formula is C22H15FN4O4S. The number of aromatic nitrogens is 1. The number of hydrogen-bond donors (Lipinski definition) is 1. The van der Waals surface area contributed by atoms with Crippen molar-refractivity contribution in [2.75, 3.05) is 0 Å². The van der Waals surface area contributed by atoms with Crippen LogP contribution in [0.2, 0.25) is 0 Å². The first-order valence-corrected chi connectivity index (χ1v) is 9.79. The van der Waals surface area contributed by atoms with E-state index in [0.29, 0.717) is 16.8 Å². The third-order valence-electron chi connectivity index (χ3n) is 4.83. The van der Waals surface area contributed by atoms with Crippen molar-refractivity contribution in [2.45, 2.75) is 6.54 Å². The van der Waals surface area contributed by atoms with Crippen LogP contribution >= 0.6 is 12.2 Å². The van der Waals surface area contributed by atoms with E-state index in [0.717, 1.165) is 0 Å². The minimum absolute atomic E-state index is 0.0232. The van der Waals surface area contributed by atoms with Crippen molar-refractivity contribution in [1.82, 2.24) is 14.8 Å². The number of halogens is 1. The first-order chi connectivity index (χ1) is 15.3. The summed E-state index contributed by atoms with van der Waals surface area (Å²) in [6.45, 7) is 0.0827. The minimum atomic E-state index is -0.613. The fourth-order valence-corrected chi connectivity index (χ4v) is 3.42. The minimum Gasteiger partial charge on any atom is -0.323 e. The molecule has 1 fully saturated rings. The molecule has 3 aromatic rings. The van der Waals surface area contributed by atoms with Crippen molar-refractivity contribution in [1.29, 1.82) is 0 Å². The van der Waals surface area contributed by atoms with Gasteiger partial charge in [0.15, 0.2) is 5.11 Å². The molecule has 0 radical (unpaired) electrons. The van der Waals surface area contributed by atoms with Crippen LogP contribution in [0.1, 0.15) is 11.1 Å². The highest BCUT2D eigenvalue weighted by atomic mass is 32.1. The van der Waals surface area contributed by atoms with Crippen molar-refractivity contribution in [3.63, 3.8) is 0 Å². The van der Waals surface area contributed by atoms with Gasteiger partial charge in [-0.1, -0.05) is 12.1 Å². The van der Waals surface area contributed by atoms with Gasteiger partial charge in [-0.25, -0.2) is 4.39 Å². The molecule has 0 aliphatic carbocycles. The molecular weight excluding hydrogens is 435 g/mol. The second-order valence-electron chi connectivity index (χ2n) is 6.96. The highest BCUT2D eigenvalue weighted by Crippen LogP contribution is 2.20. The van der Waals surface area contributed by atoms with Gasteiger partial charge in [-0.2, -0.15) is 0 Å². The second-order valence-corrected chi connectivity index (χ2v) is 7.35. The molecule has 1 aromatic heterocycles. The number of amides is 2.